The molecule has 19 heavy (non-hydrogen) atoms. The number of nitrogens with zero attached hydrogens (tertiary/aromatic N) is 2. The summed E-state index contributed by atoms with van der Waals surface area (Å²) in [5.41, 5.74) is 4.55. The van der Waals surface area contributed by atoms with Crippen LogP contribution in [0.2, 0.25) is 5.02 Å². The Balaban J connectivity index is 2.10. The minimum Gasteiger partial charge on any atom is -0.308 e. The number of anilines is 1. The molecule has 2 aromatic rings. The highest BCUT2D eigenvalue weighted by atomic mass is 79.9. The van der Waals surface area contributed by atoms with Gasteiger partial charge in [-0.25, -0.2) is 15.8 Å². The molecule has 98 valence electrons. The largest absolute Gasteiger partial charge is 0.308 e. The second-order valence-corrected chi connectivity index (χ2v) is 5.84. The molecule has 0 spiro atoms. The second-order valence-electron chi connectivity index (χ2n) is 4.54. The van der Waals surface area contributed by atoms with Gasteiger partial charge in [0.05, 0.1) is 0 Å². The van der Waals surface area contributed by atoms with Gasteiger partial charge in [-0.1, -0.05) is 11.6 Å². The third-order valence-electron chi connectivity index (χ3n) is 3.06. The molecule has 1 aliphatic carbocycles. The van der Waals surface area contributed by atoms with Crippen LogP contribution in [0.3, 0.4) is 0 Å². The van der Waals surface area contributed by atoms with Crippen molar-refractivity contribution in [2.75, 3.05) is 5.43 Å². The van der Waals surface area contributed by atoms with E-state index in [-0.39, 0.29) is 0 Å². The van der Waals surface area contributed by atoms with Gasteiger partial charge in [0.15, 0.2) is 5.82 Å². The average Bonchev–Trinajstić information content (AvgIpc) is 3.22. The van der Waals surface area contributed by atoms with E-state index in [9.17, 15) is 0 Å². The lowest BCUT2D eigenvalue weighted by atomic mass is 10.2. The summed E-state index contributed by atoms with van der Waals surface area (Å²) in [6.45, 7) is 0. The molecule has 1 heterocycles. The van der Waals surface area contributed by atoms with Crippen LogP contribution in [0.15, 0.2) is 28.7 Å². The first-order valence-corrected chi connectivity index (χ1v) is 7.15. The van der Waals surface area contributed by atoms with Gasteiger partial charge in [-0.2, -0.15) is 0 Å². The third kappa shape index (κ3) is 2.73. The fourth-order valence-corrected chi connectivity index (χ4v) is 2.78. The zero-order chi connectivity index (χ0) is 13.4. The van der Waals surface area contributed by atoms with Crippen molar-refractivity contribution >= 4 is 33.3 Å². The zero-order valence-corrected chi connectivity index (χ0v) is 12.4. The van der Waals surface area contributed by atoms with Crippen LogP contribution < -0.4 is 11.3 Å². The first-order valence-electron chi connectivity index (χ1n) is 5.98. The van der Waals surface area contributed by atoms with Crippen LogP contribution >= 0.6 is 27.5 Å². The maximum absolute atomic E-state index is 5.95. The summed E-state index contributed by atoms with van der Waals surface area (Å²) in [4.78, 5) is 9.03. The van der Waals surface area contributed by atoms with Gasteiger partial charge in [-0.15, -0.1) is 0 Å². The molecule has 1 aliphatic rings. The summed E-state index contributed by atoms with van der Waals surface area (Å²) in [6, 6.07) is 7.47. The molecular formula is C13H12BrClN4. The van der Waals surface area contributed by atoms with E-state index >= 15 is 0 Å². The summed E-state index contributed by atoms with van der Waals surface area (Å²) in [5, 5.41) is 0.672. The summed E-state index contributed by atoms with van der Waals surface area (Å²) >= 11 is 9.44. The number of hydrazine groups is 1. The monoisotopic (exact) mass is 338 g/mol. The molecule has 0 amide bonds. The van der Waals surface area contributed by atoms with Crippen molar-refractivity contribution in [1.29, 1.82) is 0 Å². The quantitative estimate of drug-likeness (QED) is 0.661. The Morgan fingerprint density at radius 3 is 2.68 bits per heavy atom. The molecule has 1 saturated carbocycles. The van der Waals surface area contributed by atoms with Gasteiger partial charge in [0.25, 0.3) is 0 Å². The van der Waals surface area contributed by atoms with Crippen LogP contribution in [0.4, 0.5) is 5.82 Å². The smallest absolute Gasteiger partial charge is 0.162 e. The van der Waals surface area contributed by atoms with Gasteiger partial charge in [0.1, 0.15) is 5.82 Å². The number of halogens is 2. The maximum Gasteiger partial charge on any atom is 0.162 e. The number of benzene rings is 1. The van der Waals surface area contributed by atoms with Gasteiger partial charge < -0.3 is 5.43 Å². The highest BCUT2D eigenvalue weighted by Crippen LogP contribution is 2.40. The van der Waals surface area contributed by atoms with Crippen LogP contribution in [0.5, 0.6) is 0 Å². The molecule has 0 radical (unpaired) electrons. The van der Waals surface area contributed by atoms with Gasteiger partial charge in [-0.05, 0) is 47.0 Å². The molecule has 1 aromatic carbocycles. The minimum atomic E-state index is 0.542. The van der Waals surface area contributed by atoms with Crippen molar-refractivity contribution in [1.82, 2.24) is 9.97 Å². The number of hydrogen-bond acceptors (Lipinski definition) is 4. The molecule has 1 fully saturated rings. The summed E-state index contributed by atoms with van der Waals surface area (Å²) in [6.07, 6.45) is 2.37. The molecule has 3 rings (SSSR count). The molecule has 1 aromatic heterocycles. The average molecular weight is 340 g/mol. The molecule has 0 unspecified atom stereocenters. The Morgan fingerprint density at radius 1 is 1.26 bits per heavy atom. The van der Waals surface area contributed by atoms with Gasteiger partial charge in [0.2, 0.25) is 0 Å². The summed E-state index contributed by atoms with van der Waals surface area (Å²) < 4.78 is 0.871. The minimum absolute atomic E-state index is 0.542. The fraction of sp³-hybridized carbons (Fsp3) is 0.231. The third-order valence-corrected chi connectivity index (χ3v) is 3.95. The van der Waals surface area contributed by atoms with E-state index in [1.165, 1.54) is 12.8 Å². The maximum atomic E-state index is 5.95. The number of nitrogens with one attached hydrogen (secondary N) is 1. The lowest BCUT2D eigenvalue weighted by Gasteiger charge is -2.08. The standard InChI is InChI=1S/C13H12BrClN4/c14-10-5-8(15)3-4-9(10)13-17-11(7-1-2-7)6-12(18-13)19-16/h3-7H,1-2,16H2,(H,17,18,19). The highest BCUT2D eigenvalue weighted by molar-refractivity contribution is 9.10. The topological polar surface area (TPSA) is 63.8 Å². The first kappa shape index (κ1) is 12.8. The van der Waals surface area contributed by atoms with E-state index in [0.29, 0.717) is 22.6 Å². The van der Waals surface area contributed by atoms with Crippen molar-refractivity contribution in [2.24, 2.45) is 5.84 Å². The Labute approximate surface area is 124 Å². The van der Waals surface area contributed by atoms with E-state index < -0.39 is 0 Å². The molecule has 6 heteroatoms. The van der Waals surface area contributed by atoms with Gasteiger partial charge >= 0.3 is 0 Å². The number of nitrogens with two attached hydrogens (primary N) is 1. The molecule has 0 aliphatic heterocycles. The normalized spacial score (nSPS) is 14.5. The van der Waals surface area contributed by atoms with Crippen LogP contribution in [0, 0.1) is 0 Å². The SMILES string of the molecule is NNc1cc(C2CC2)nc(-c2ccc(Cl)cc2Br)n1. The predicted octanol–water partition coefficient (Wildman–Crippen LogP) is 3.72. The molecule has 3 N–H and O–H groups in total. The van der Waals surface area contributed by atoms with E-state index in [4.69, 9.17) is 17.4 Å². The van der Waals surface area contributed by atoms with E-state index in [0.717, 1.165) is 15.7 Å². The number of aromatic nitrogens is 2. The van der Waals surface area contributed by atoms with Gasteiger partial charge in [0, 0.05) is 32.7 Å². The number of hydrogen-bond donors (Lipinski definition) is 2. The zero-order valence-electron chi connectivity index (χ0n) is 10.0. The lowest BCUT2D eigenvalue weighted by Crippen LogP contribution is -2.10. The first-order chi connectivity index (χ1) is 9.17. The van der Waals surface area contributed by atoms with Crippen LogP contribution in [0.1, 0.15) is 24.5 Å². The highest BCUT2D eigenvalue weighted by Gasteiger charge is 2.26. The fourth-order valence-electron chi connectivity index (χ4n) is 1.92. The number of rotatable bonds is 3. The Kier molecular flexibility index (Phi) is 3.43. The van der Waals surface area contributed by atoms with Crippen LogP contribution in [-0.4, -0.2) is 9.97 Å². The van der Waals surface area contributed by atoms with Crippen LogP contribution in [-0.2, 0) is 0 Å². The molecule has 0 bridgehead atoms. The van der Waals surface area contributed by atoms with E-state index in [1.807, 2.05) is 24.3 Å². The van der Waals surface area contributed by atoms with Crippen molar-refractivity contribution in [2.45, 2.75) is 18.8 Å². The van der Waals surface area contributed by atoms with Crippen LogP contribution in [0.25, 0.3) is 11.4 Å². The lowest BCUT2D eigenvalue weighted by molar-refractivity contribution is 0.990. The Morgan fingerprint density at radius 2 is 2.05 bits per heavy atom. The Bertz CT molecular complexity index is 628. The van der Waals surface area contributed by atoms with Gasteiger partial charge in [-0.3, -0.25) is 0 Å². The molecule has 0 atom stereocenters. The van der Waals surface area contributed by atoms with Crippen molar-refractivity contribution in [3.63, 3.8) is 0 Å². The Hall–Kier alpha value is -1.17. The molecular weight excluding hydrogens is 328 g/mol. The van der Waals surface area contributed by atoms with Crippen molar-refractivity contribution < 1.29 is 0 Å². The second kappa shape index (κ2) is 5.07. The van der Waals surface area contributed by atoms with Crippen molar-refractivity contribution in [3.8, 4) is 11.4 Å². The summed E-state index contributed by atoms with van der Waals surface area (Å²) in [5.74, 6) is 7.30. The van der Waals surface area contributed by atoms with E-state index in [1.54, 1.807) is 0 Å². The molecule has 4 nitrogen and oxygen atoms in total. The summed E-state index contributed by atoms with van der Waals surface area (Å²) in [7, 11) is 0. The van der Waals surface area contributed by atoms with E-state index in [2.05, 4.69) is 31.3 Å². The van der Waals surface area contributed by atoms with Crippen molar-refractivity contribution in [3.05, 3.63) is 39.5 Å². The molecule has 0 saturated heterocycles. The number of nitrogen functional groups attached to an aromatic ring is 1. The predicted molar refractivity (Wildman–Crippen MR) is 80.0 cm³/mol.